The molecule has 306 valence electrons. The highest BCUT2D eigenvalue weighted by atomic mass is 14.5. The summed E-state index contributed by atoms with van der Waals surface area (Å²) in [5, 5.41) is 2.66. The molecule has 0 amide bonds. The van der Waals surface area contributed by atoms with Gasteiger partial charge in [0.25, 0.3) is 0 Å². The van der Waals surface area contributed by atoms with Crippen LogP contribution in [0.3, 0.4) is 0 Å². The average molecular weight is 811 g/mol. The molecule has 4 aliphatic carbocycles. The first-order chi connectivity index (χ1) is 30.4. The minimum Gasteiger partial charge on any atom is -0.0839 e. The third-order valence-electron chi connectivity index (χ3n) is 15.7. The molecular weight excluding hydrogens is 757 g/mol. The molecule has 0 spiro atoms. The summed E-state index contributed by atoms with van der Waals surface area (Å²) in [6.45, 7) is 18.7. The van der Waals surface area contributed by atoms with Crippen LogP contribution < -0.4 is 0 Å². The first-order valence-electron chi connectivity index (χ1n) is 23.1. The Bertz CT molecular complexity index is 3360. The van der Waals surface area contributed by atoms with Gasteiger partial charge in [0.2, 0.25) is 0 Å². The standard InChI is InChI=1S/C63H54/c1-37-23-26-44(39(3)29-37)41-25-28-47-50-35-57-51(33-55(50)61(5,6)54(47)31-41)52-34-56-53(36-58(52)63(57,42-17-11-9-12-18-42)43-19-13-10-14-20-43)60-48-22-16-15-21-46(48)49(32-59(60)62(56,7)8)45-27-24-38(2)30-40(45)4/h9,11-13,15-36H,10,14H2,1-8H3. The van der Waals surface area contributed by atoms with Gasteiger partial charge in [0.05, 0.1) is 5.41 Å². The molecule has 0 saturated carbocycles. The summed E-state index contributed by atoms with van der Waals surface area (Å²) in [5.41, 5.74) is 29.1. The average Bonchev–Trinajstić information content (AvgIpc) is 3.78. The summed E-state index contributed by atoms with van der Waals surface area (Å²) in [7, 11) is 0. The molecule has 1 unspecified atom stereocenters. The van der Waals surface area contributed by atoms with Crippen molar-refractivity contribution in [3.63, 3.8) is 0 Å². The lowest BCUT2D eigenvalue weighted by atomic mass is 9.65. The molecule has 12 rings (SSSR count). The van der Waals surface area contributed by atoms with Gasteiger partial charge in [-0.15, -0.1) is 0 Å². The highest BCUT2D eigenvalue weighted by molar-refractivity contribution is 6.10. The van der Waals surface area contributed by atoms with E-state index in [-0.39, 0.29) is 10.8 Å². The fourth-order valence-corrected chi connectivity index (χ4v) is 12.6. The van der Waals surface area contributed by atoms with E-state index in [2.05, 4.69) is 213 Å². The zero-order valence-electron chi connectivity index (χ0n) is 37.9. The number of hydrogen-bond acceptors (Lipinski definition) is 0. The van der Waals surface area contributed by atoms with Crippen LogP contribution in [-0.2, 0) is 16.2 Å². The molecule has 0 heterocycles. The van der Waals surface area contributed by atoms with Crippen molar-refractivity contribution in [1.29, 1.82) is 0 Å². The number of fused-ring (bicyclic) bond motifs is 11. The lowest BCUT2D eigenvalue weighted by Crippen LogP contribution is -2.30. The van der Waals surface area contributed by atoms with Crippen molar-refractivity contribution >= 4 is 10.8 Å². The Hall–Kier alpha value is -6.50. The van der Waals surface area contributed by atoms with E-state index in [1.807, 2.05) is 0 Å². The van der Waals surface area contributed by atoms with Gasteiger partial charge in [-0.1, -0.05) is 160 Å². The molecule has 0 heteroatoms. The smallest absolute Gasteiger partial charge is 0.0710 e. The summed E-state index contributed by atoms with van der Waals surface area (Å²) >= 11 is 0. The Morgan fingerprint density at radius 2 is 0.937 bits per heavy atom. The van der Waals surface area contributed by atoms with Crippen LogP contribution in [0, 0.1) is 27.7 Å². The van der Waals surface area contributed by atoms with E-state index in [0.717, 1.165) is 12.8 Å². The lowest BCUT2D eigenvalue weighted by Gasteiger charge is -2.36. The molecule has 0 saturated heterocycles. The van der Waals surface area contributed by atoms with Gasteiger partial charge < -0.3 is 0 Å². The normalized spacial score (nSPS) is 18.1. The minimum absolute atomic E-state index is 0.174. The van der Waals surface area contributed by atoms with Crippen LogP contribution in [0.5, 0.6) is 0 Å². The van der Waals surface area contributed by atoms with Crippen molar-refractivity contribution in [1.82, 2.24) is 0 Å². The van der Waals surface area contributed by atoms with E-state index in [9.17, 15) is 0 Å². The van der Waals surface area contributed by atoms with Crippen LogP contribution in [0.4, 0.5) is 0 Å². The minimum atomic E-state index is -0.486. The fraction of sp³-hybridized carbons (Fsp3) is 0.206. The molecule has 0 nitrogen and oxygen atoms in total. The molecule has 0 radical (unpaired) electrons. The van der Waals surface area contributed by atoms with Crippen LogP contribution >= 0.6 is 0 Å². The molecule has 0 N–H and O–H groups in total. The van der Waals surface area contributed by atoms with Crippen LogP contribution in [0.25, 0.3) is 66.4 Å². The molecule has 0 aliphatic heterocycles. The van der Waals surface area contributed by atoms with Gasteiger partial charge in [0.15, 0.2) is 0 Å². The van der Waals surface area contributed by atoms with Gasteiger partial charge in [-0.3, -0.25) is 0 Å². The number of benzene rings is 8. The Kier molecular flexibility index (Phi) is 8.04. The Balaban J connectivity index is 1.14. The van der Waals surface area contributed by atoms with E-state index in [0.29, 0.717) is 0 Å². The van der Waals surface area contributed by atoms with Gasteiger partial charge in [-0.2, -0.15) is 0 Å². The van der Waals surface area contributed by atoms with E-state index < -0.39 is 5.41 Å². The topological polar surface area (TPSA) is 0 Å². The molecule has 8 aromatic carbocycles. The second kappa shape index (κ2) is 13.3. The maximum absolute atomic E-state index is 2.65. The van der Waals surface area contributed by atoms with E-state index in [1.54, 1.807) is 0 Å². The van der Waals surface area contributed by atoms with E-state index >= 15 is 0 Å². The van der Waals surface area contributed by atoms with Gasteiger partial charge in [-0.05, 0) is 199 Å². The third-order valence-corrected chi connectivity index (χ3v) is 15.7. The van der Waals surface area contributed by atoms with Crippen LogP contribution in [0.15, 0.2) is 163 Å². The Morgan fingerprint density at radius 1 is 0.397 bits per heavy atom. The van der Waals surface area contributed by atoms with Gasteiger partial charge >= 0.3 is 0 Å². The molecule has 0 bridgehead atoms. The number of allylic oxidation sites excluding steroid dienone is 4. The monoisotopic (exact) mass is 810 g/mol. The van der Waals surface area contributed by atoms with Gasteiger partial charge in [0, 0.05) is 10.8 Å². The predicted octanol–water partition coefficient (Wildman–Crippen LogP) is 16.6. The molecular formula is C63H54. The van der Waals surface area contributed by atoms with Crippen LogP contribution in [-0.4, -0.2) is 0 Å². The highest BCUT2D eigenvalue weighted by Crippen LogP contribution is 2.64. The molecule has 63 heavy (non-hydrogen) atoms. The van der Waals surface area contributed by atoms with Gasteiger partial charge in [-0.25, -0.2) is 0 Å². The molecule has 0 aromatic heterocycles. The number of aryl methyl sites for hydroxylation is 4. The van der Waals surface area contributed by atoms with Gasteiger partial charge in [0.1, 0.15) is 0 Å². The van der Waals surface area contributed by atoms with E-state index in [4.69, 9.17) is 0 Å². The van der Waals surface area contributed by atoms with Crippen LogP contribution in [0.2, 0.25) is 0 Å². The Morgan fingerprint density at radius 3 is 1.60 bits per heavy atom. The molecule has 4 aliphatic rings. The lowest BCUT2D eigenvalue weighted by molar-refractivity contribution is 0.660. The molecule has 8 aromatic rings. The quantitative estimate of drug-likeness (QED) is 0.166. The van der Waals surface area contributed by atoms with Crippen molar-refractivity contribution in [2.45, 2.75) is 84.5 Å². The number of rotatable bonds is 4. The van der Waals surface area contributed by atoms with Crippen molar-refractivity contribution in [3.8, 4) is 55.6 Å². The summed E-state index contributed by atoms with van der Waals surface area (Å²) < 4.78 is 0. The van der Waals surface area contributed by atoms with Crippen molar-refractivity contribution in [2.75, 3.05) is 0 Å². The SMILES string of the molecule is Cc1ccc(-c2ccc3c(c2)C(C)(C)c2cc4c(cc2-3)C(C2=CCCC=C2)(c2ccccc2)c2cc3c(cc2-4)C(C)(C)c2cc(-c4ccc(C)cc4C)c4ccccc4c2-3)c(C)c1. The fourth-order valence-electron chi connectivity index (χ4n) is 12.6. The van der Waals surface area contributed by atoms with E-state index in [1.165, 1.54) is 133 Å². The van der Waals surface area contributed by atoms with Crippen molar-refractivity contribution in [2.24, 2.45) is 0 Å². The first-order valence-corrected chi connectivity index (χ1v) is 23.1. The maximum Gasteiger partial charge on any atom is 0.0710 e. The summed E-state index contributed by atoms with van der Waals surface area (Å²) in [4.78, 5) is 0. The first kappa shape index (κ1) is 38.2. The van der Waals surface area contributed by atoms with Crippen molar-refractivity contribution < 1.29 is 0 Å². The summed E-state index contributed by atoms with van der Waals surface area (Å²) in [6, 6.07) is 54.8. The summed E-state index contributed by atoms with van der Waals surface area (Å²) in [6.07, 6.45) is 9.52. The number of hydrogen-bond donors (Lipinski definition) is 0. The largest absolute Gasteiger partial charge is 0.0839 e. The van der Waals surface area contributed by atoms with Crippen molar-refractivity contribution in [3.05, 3.63) is 225 Å². The summed E-state index contributed by atoms with van der Waals surface area (Å²) in [5.74, 6) is 0. The maximum atomic E-state index is 2.65. The second-order valence-electron chi connectivity index (χ2n) is 20.2. The zero-order chi connectivity index (χ0) is 43.2. The molecule has 0 fully saturated rings. The molecule has 1 atom stereocenters. The Labute approximate surface area is 373 Å². The second-order valence-corrected chi connectivity index (χ2v) is 20.2. The predicted molar refractivity (Wildman–Crippen MR) is 267 cm³/mol. The zero-order valence-corrected chi connectivity index (χ0v) is 37.9. The third kappa shape index (κ3) is 5.16. The highest BCUT2D eigenvalue weighted by Gasteiger charge is 2.51. The van der Waals surface area contributed by atoms with Crippen LogP contribution in [0.1, 0.15) is 102 Å².